The predicted octanol–water partition coefficient (Wildman–Crippen LogP) is 1.94. The molecule has 0 unspecified atom stereocenters. The molecule has 2 heterocycles. The number of carbonyl (C=O) groups is 1. The minimum absolute atomic E-state index is 0.0880. The van der Waals surface area contributed by atoms with Gasteiger partial charge in [-0.25, -0.2) is 4.68 Å². The fourth-order valence-corrected chi connectivity index (χ4v) is 2.97. The van der Waals surface area contributed by atoms with Gasteiger partial charge in [0.05, 0.1) is 17.4 Å². The Morgan fingerprint density at radius 3 is 2.68 bits per heavy atom. The summed E-state index contributed by atoms with van der Waals surface area (Å²) in [5.41, 5.74) is 1.63. The first-order chi connectivity index (χ1) is 10.8. The lowest BCUT2D eigenvalue weighted by Gasteiger charge is -2.31. The zero-order valence-corrected chi connectivity index (χ0v) is 12.9. The minimum Gasteiger partial charge on any atom is -0.339 e. The standard InChI is InChI=1S/C17H22N4O/c1-18-11-14-7-9-20(10-8-14)17(22)15-12-19-21(13-15)16-5-3-2-4-6-16/h2-6,12-14,18H,7-11H2,1H3. The first kappa shape index (κ1) is 14.8. The fourth-order valence-electron chi connectivity index (χ4n) is 2.97. The molecule has 3 rings (SSSR count). The third-order valence-electron chi connectivity index (χ3n) is 4.24. The molecule has 0 spiro atoms. The van der Waals surface area contributed by atoms with Gasteiger partial charge in [-0.2, -0.15) is 5.10 Å². The predicted molar refractivity (Wildman–Crippen MR) is 86.1 cm³/mol. The average Bonchev–Trinajstić information content (AvgIpc) is 3.06. The Morgan fingerprint density at radius 2 is 2.00 bits per heavy atom. The van der Waals surface area contributed by atoms with Crippen molar-refractivity contribution in [2.24, 2.45) is 5.92 Å². The molecule has 22 heavy (non-hydrogen) atoms. The highest BCUT2D eigenvalue weighted by Gasteiger charge is 2.24. The van der Waals surface area contributed by atoms with Gasteiger partial charge in [0.1, 0.15) is 0 Å². The molecule has 1 aromatic carbocycles. The van der Waals surface area contributed by atoms with Gasteiger partial charge in [-0.3, -0.25) is 4.79 Å². The summed E-state index contributed by atoms with van der Waals surface area (Å²) >= 11 is 0. The van der Waals surface area contributed by atoms with Crippen molar-refractivity contribution in [3.05, 3.63) is 48.3 Å². The molecule has 1 fully saturated rings. The largest absolute Gasteiger partial charge is 0.339 e. The number of carbonyl (C=O) groups excluding carboxylic acids is 1. The zero-order chi connectivity index (χ0) is 15.4. The van der Waals surface area contributed by atoms with E-state index >= 15 is 0 Å². The number of amides is 1. The number of nitrogens with one attached hydrogen (secondary N) is 1. The maximum atomic E-state index is 12.6. The lowest BCUT2D eigenvalue weighted by atomic mass is 9.96. The minimum atomic E-state index is 0.0880. The van der Waals surface area contributed by atoms with Crippen LogP contribution in [0.15, 0.2) is 42.7 Å². The quantitative estimate of drug-likeness (QED) is 0.938. The van der Waals surface area contributed by atoms with E-state index in [-0.39, 0.29) is 5.91 Å². The Labute approximate surface area is 130 Å². The van der Waals surface area contributed by atoms with E-state index in [4.69, 9.17) is 0 Å². The van der Waals surface area contributed by atoms with E-state index in [2.05, 4.69) is 10.4 Å². The molecule has 5 heteroatoms. The number of benzene rings is 1. The molecular weight excluding hydrogens is 276 g/mol. The summed E-state index contributed by atoms with van der Waals surface area (Å²) in [6.45, 7) is 2.71. The lowest BCUT2D eigenvalue weighted by Crippen LogP contribution is -2.40. The molecular formula is C17H22N4O. The van der Waals surface area contributed by atoms with Crippen LogP contribution in [0.25, 0.3) is 5.69 Å². The normalized spacial score (nSPS) is 16.0. The summed E-state index contributed by atoms with van der Waals surface area (Å²) in [7, 11) is 1.98. The van der Waals surface area contributed by atoms with Gasteiger partial charge in [-0.15, -0.1) is 0 Å². The molecule has 0 aliphatic carbocycles. The first-order valence-corrected chi connectivity index (χ1v) is 7.82. The second-order valence-electron chi connectivity index (χ2n) is 5.80. The van der Waals surface area contributed by atoms with E-state index < -0.39 is 0 Å². The second-order valence-corrected chi connectivity index (χ2v) is 5.80. The average molecular weight is 298 g/mol. The molecule has 5 nitrogen and oxygen atoms in total. The third kappa shape index (κ3) is 3.20. The van der Waals surface area contributed by atoms with Crippen molar-refractivity contribution in [2.75, 3.05) is 26.7 Å². The molecule has 1 aromatic heterocycles. The van der Waals surface area contributed by atoms with Crippen molar-refractivity contribution in [3.63, 3.8) is 0 Å². The van der Waals surface area contributed by atoms with Crippen LogP contribution in [0.4, 0.5) is 0 Å². The van der Waals surface area contributed by atoms with Crippen LogP contribution < -0.4 is 5.32 Å². The summed E-state index contributed by atoms with van der Waals surface area (Å²) in [5, 5.41) is 7.52. The summed E-state index contributed by atoms with van der Waals surface area (Å²) in [5.74, 6) is 0.770. The van der Waals surface area contributed by atoms with Crippen LogP contribution in [0.1, 0.15) is 23.2 Å². The maximum Gasteiger partial charge on any atom is 0.257 e. The molecule has 0 saturated carbocycles. The summed E-state index contributed by atoms with van der Waals surface area (Å²) in [6.07, 6.45) is 5.62. The van der Waals surface area contributed by atoms with Crippen molar-refractivity contribution in [1.82, 2.24) is 20.0 Å². The van der Waals surface area contributed by atoms with Gasteiger partial charge < -0.3 is 10.2 Å². The topological polar surface area (TPSA) is 50.2 Å². The number of likely N-dealkylation sites (tertiary alicyclic amines) is 1. The molecule has 1 aliphatic rings. The van der Waals surface area contributed by atoms with Gasteiger partial charge in [-0.1, -0.05) is 18.2 Å². The van der Waals surface area contributed by atoms with Crippen molar-refractivity contribution in [1.29, 1.82) is 0 Å². The molecule has 1 amide bonds. The second kappa shape index (κ2) is 6.75. The number of nitrogens with zero attached hydrogens (tertiary/aromatic N) is 3. The van der Waals surface area contributed by atoms with E-state index in [1.54, 1.807) is 10.9 Å². The number of piperidine rings is 1. The van der Waals surface area contributed by atoms with E-state index in [1.807, 2.05) is 48.5 Å². The zero-order valence-electron chi connectivity index (χ0n) is 12.9. The number of aromatic nitrogens is 2. The smallest absolute Gasteiger partial charge is 0.257 e. The van der Waals surface area contributed by atoms with Crippen molar-refractivity contribution < 1.29 is 4.79 Å². The molecule has 2 aromatic rings. The van der Waals surface area contributed by atoms with Crippen molar-refractivity contribution in [3.8, 4) is 5.69 Å². The summed E-state index contributed by atoms with van der Waals surface area (Å²) in [6, 6.07) is 9.85. The number of hydrogen-bond donors (Lipinski definition) is 1. The Balaban J connectivity index is 1.65. The lowest BCUT2D eigenvalue weighted by molar-refractivity contribution is 0.0691. The molecule has 1 N–H and O–H groups in total. The highest BCUT2D eigenvalue weighted by atomic mass is 16.2. The van der Waals surface area contributed by atoms with Gasteiger partial charge in [0, 0.05) is 19.3 Å². The van der Waals surface area contributed by atoms with Crippen LogP contribution >= 0.6 is 0 Å². The van der Waals surface area contributed by atoms with Crippen LogP contribution in [0.5, 0.6) is 0 Å². The molecule has 1 saturated heterocycles. The number of para-hydroxylation sites is 1. The number of hydrogen-bond acceptors (Lipinski definition) is 3. The Kier molecular flexibility index (Phi) is 4.53. The van der Waals surface area contributed by atoms with Crippen LogP contribution in [0, 0.1) is 5.92 Å². The van der Waals surface area contributed by atoms with Crippen molar-refractivity contribution in [2.45, 2.75) is 12.8 Å². The fraction of sp³-hybridized carbons (Fsp3) is 0.412. The Morgan fingerprint density at radius 1 is 1.27 bits per heavy atom. The van der Waals surface area contributed by atoms with Gasteiger partial charge >= 0.3 is 0 Å². The van der Waals surface area contributed by atoms with Gasteiger partial charge in [0.2, 0.25) is 0 Å². The molecule has 0 atom stereocenters. The third-order valence-corrected chi connectivity index (χ3v) is 4.24. The Bertz CT molecular complexity index is 615. The van der Waals surface area contributed by atoms with Gasteiger partial charge in [0.15, 0.2) is 0 Å². The SMILES string of the molecule is CNCC1CCN(C(=O)c2cnn(-c3ccccc3)c2)CC1. The molecule has 0 bridgehead atoms. The van der Waals surface area contributed by atoms with Crippen LogP contribution in [0.3, 0.4) is 0 Å². The van der Waals surface area contributed by atoms with Crippen LogP contribution in [-0.4, -0.2) is 47.3 Å². The van der Waals surface area contributed by atoms with Crippen LogP contribution in [0.2, 0.25) is 0 Å². The van der Waals surface area contributed by atoms with E-state index in [0.29, 0.717) is 11.5 Å². The first-order valence-electron chi connectivity index (χ1n) is 7.82. The molecule has 0 radical (unpaired) electrons. The maximum absolute atomic E-state index is 12.6. The highest BCUT2D eigenvalue weighted by Crippen LogP contribution is 2.18. The van der Waals surface area contributed by atoms with Crippen molar-refractivity contribution >= 4 is 5.91 Å². The van der Waals surface area contributed by atoms with Gasteiger partial charge in [-0.05, 0) is 44.5 Å². The molecule has 116 valence electrons. The van der Waals surface area contributed by atoms with Crippen LogP contribution in [-0.2, 0) is 0 Å². The van der Waals surface area contributed by atoms with E-state index in [9.17, 15) is 4.79 Å². The monoisotopic (exact) mass is 298 g/mol. The number of rotatable bonds is 4. The highest BCUT2D eigenvalue weighted by molar-refractivity contribution is 5.93. The van der Waals surface area contributed by atoms with E-state index in [0.717, 1.165) is 38.2 Å². The summed E-state index contributed by atoms with van der Waals surface area (Å²) in [4.78, 5) is 14.5. The van der Waals surface area contributed by atoms with Gasteiger partial charge in [0.25, 0.3) is 5.91 Å². The molecule has 1 aliphatic heterocycles. The Hall–Kier alpha value is -2.14. The van der Waals surface area contributed by atoms with E-state index in [1.165, 1.54) is 0 Å². The summed E-state index contributed by atoms with van der Waals surface area (Å²) < 4.78 is 1.75.